The Balaban J connectivity index is 1.92. The third-order valence-corrected chi connectivity index (χ3v) is 4.50. The molecule has 2 aromatic heterocycles. The lowest BCUT2D eigenvalue weighted by molar-refractivity contribution is 0.755. The first-order valence-corrected chi connectivity index (χ1v) is 7.34. The molecule has 5 heteroatoms. The topological polar surface area (TPSA) is 41.1 Å². The lowest BCUT2D eigenvalue weighted by Gasteiger charge is -2.21. The van der Waals surface area contributed by atoms with Gasteiger partial charge < -0.3 is 10.2 Å². The van der Waals surface area contributed by atoms with Gasteiger partial charge in [-0.05, 0) is 30.9 Å². The van der Waals surface area contributed by atoms with E-state index in [0.717, 1.165) is 37.0 Å². The van der Waals surface area contributed by atoms with Crippen LogP contribution >= 0.6 is 11.3 Å². The fourth-order valence-electron chi connectivity index (χ4n) is 2.44. The van der Waals surface area contributed by atoms with E-state index in [1.54, 1.807) is 0 Å². The van der Waals surface area contributed by atoms with Crippen LogP contribution in [0.4, 0.5) is 5.82 Å². The lowest BCUT2D eigenvalue weighted by Crippen LogP contribution is -2.20. The molecular weight excluding hydrogens is 256 g/mol. The number of aromatic nitrogens is 2. The Labute approximate surface area is 117 Å². The number of fused-ring (bicyclic) bond motifs is 1. The Hall–Kier alpha value is -1.46. The average Bonchev–Trinajstić information content (AvgIpc) is 2.98. The minimum absolute atomic E-state index is 0.854. The number of nitrogens with zero attached hydrogens (tertiary/aromatic N) is 3. The highest BCUT2D eigenvalue weighted by molar-refractivity contribution is 7.10. The Kier molecular flexibility index (Phi) is 3.24. The smallest absolute Gasteiger partial charge is 0.137 e. The van der Waals surface area contributed by atoms with Gasteiger partial charge in [0.05, 0.1) is 12.2 Å². The standard InChI is InChI=1S/C14H18N4S/c1-9-4-5-19-13(9)8-18(3)14-11-6-15-7-12(11)16-10(2)17-14/h4-5,15H,6-8H2,1-3H3. The summed E-state index contributed by atoms with van der Waals surface area (Å²) in [5.41, 5.74) is 3.76. The molecule has 0 aromatic carbocycles. The van der Waals surface area contributed by atoms with E-state index in [1.165, 1.54) is 16.0 Å². The summed E-state index contributed by atoms with van der Waals surface area (Å²) in [6.07, 6.45) is 0. The molecule has 0 saturated carbocycles. The van der Waals surface area contributed by atoms with Gasteiger partial charge >= 0.3 is 0 Å². The molecule has 3 rings (SSSR count). The van der Waals surface area contributed by atoms with Gasteiger partial charge in [-0.1, -0.05) is 0 Å². The normalized spacial score (nSPS) is 13.6. The highest BCUT2D eigenvalue weighted by Gasteiger charge is 2.20. The summed E-state index contributed by atoms with van der Waals surface area (Å²) in [6.45, 7) is 6.77. The van der Waals surface area contributed by atoms with E-state index in [-0.39, 0.29) is 0 Å². The van der Waals surface area contributed by atoms with Gasteiger partial charge in [-0.15, -0.1) is 11.3 Å². The van der Waals surface area contributed by atoms with Gasteiger partial charge in [0, 0.05) is 30.6 Å². The minimum atomic E-state index is 0.854. The quantitative estimate of drug-likeness (QED) is 0.933. The number of rotatable bonds is 3. The number of aryl methyl sites for hydroxylation is 2. The van der Waals surface area contributed by atoms with Gasteiger partial charge in [0.15, 0.2) is 0 Å². The molecule has 3 heterocycles. The van der Waals surface area contributed by atoms with Crippen LogP contribution in [0.3, 0.4) is 0 Å². The predicted molar refractivity (Wildman–Crippen MR) is 78.5 cm³/mol. The van der Waals surface area contributed by atoms with Crippen molar-refractivity contribution in [3.63, 3.8) is 0 Å². The highest BCUT2D eigenvalue weighted by atomic mass is 32.1. The van der Waals surface area contributed by atoms with Crippen molar-refractivity contribution in [1.82, 2.24) is 15.3 Å². The number of thiophene rings is 1. The van der Waals surface area contributed by atoms with Crippen LogP contribution in [0.25, 0.3) is 0 Å². The zero-order valence-electron chi connectivity index (χ0n) is 11.5. The summed E-state index contributed by atoms with van der Waals surface area (Å²) in [5, 5.41) is 5.50. The maximum absolute atomic E-state index is 4.63. The van der Waals surface area contributed by atoms with Crippen LogP contribution in [0, 0.1) is 13.8 Å². The second-order valence-corrected chi connectivity index (χ2v) is 6.01. The average molecular weight is 274 g/mol. The second kappa shape index (κ2) is 4.90. The van der Waals surface area contributed by atoms with Gasteiger partial charge in [-0.25, -0.2) is 9.97 Å². The second-order valence-electron chi connectivity index (χ2n) is 5.01. The van der Waals surface area contributed by atoms with Crippen molar-refractivity contribution >= 4 is 17.2 Å². The van der Waals surface area contributed by atoms with E-state index in [1.807, 2.05) is 18.3 Å². The molecule has 0 unspecified atom stereocenters. The molecule has 1 N–H and O–H groups in total. The van der Waals surface area contributed by atoms with Crippen molar-refractivity contribution in [2.24, 2.45) is 0 Å². The number of hydrogen-bond donors (Lipinski definition) is 1. The molecule has 1 aliphatic heterocycles. The van der Waals surface area contributed by atoms with Crippen molar-refractivity contribution in [2.75, 3.05) is 11.9 Å². The molecule has 0 bridgehead atoms. The van der Waals surface area contributed by atoms with Crippen molar-refractivity contribution in [3.8, 4) is 0 Å². The molecule has 0 amide bonds. The zero-order valence-corrected chi connectivity index (χ0v) is 12.3. The molecule has 4 nitrogen and oxygen atoms in total. The molecular formula is C14H18N4S. The molecule has 100 valence electrons. The van der Waals surface area contributed by atoms with Gasteiger partial charge in [-0.2, -0.15) is 0 Å². The Morgan fingerprint density at radius 3 is 2.89 bits per heavy atom. The van der Waals surface area contributed by atoms with Crippen LogP contribution in [0.5, 0.6) is 0 Å². The molecule has 0 radical (unpaired) electrons. The van der Waals surface area contributed by atoms with Crippen molar-refractivity contribution in [1.29, 1.82) is 0 Å². The van der Waals surface area contributed by atoms with Crippen molar-refractivity contribution < 1.29 is 0 Å². The molecule has 0 saturated heterocycles. The summed E-state index contributed by atoms with van der Waals surface area (Å²) in [5.74, 6) is 1.92. The molecule has 1 aliphatic rings. The molecule has 0 atom stereocenters. The van der Waals surface area contributed by atoms with Crippen molar-refractivity contribution in [3.05, 3.63) is 39.0 Å². The van der Waals surface area contributed by atoms with E-state index in [9.17, 15) is 0 Å². The third kappa shape index (κ3) is 2.35. The largest absolute Gasteiger partial charge is 0.354 e. The van der Waals surface area contributed by atoms with Crippen LogP contribution in [0.1, 0.15) is 27.5 Å². The lowest BCUT2D eigenvalue weighted by atomic mass is 10.2. The maximum atomic E-state index is 4.63. The van der Waals surface area contributed by atoms with E-state index in [4.69, 9.17) is 0 Å². The van der Waals surface area contributed by atoms with Crippen molar-refractivity contribution in [2.45, 2.75) is 33.5 Å². The van der Waals surface area contributed by atoms with Gasteiger partial charge in [0.1, 0.15) is 11.6 Å². The van der Waals surface area contributed by atoms with Crippen LogP contribution in [-0.4, -0.2) is 17.0 Å². The third-order valence-electron chi connectivity index (χ3n) is 3.49. The summed E-state index contributed by atoms with van der Waals surface area (Å²) < 4.78 is 0. The molecule has 19 heavy (non-hydrogen) atoms. The monoisotopic (exact) mass is 274 g/mol. The van der Waals surface area contributed by atoms with E-state index < -0.39 is 0 Å². The van der Waals surface area contributed by atoms with Crippen LogP contribution < -0.4 is 10.2 Å². The SMILES string of the molecule is Cc1nc2c(c(N(C)Cc3sccc3C)n1)CNC2. The Morgan fingerprint density at radius 2 is 2.16 bits per heavy atom. The highest BCUT2D eigenvalue weighted by Crippen LogP contribution is 2.26. The summed E-state index contributed by atoms with van der Waals surface area (Å²) in [6, 6.07) is 2.17. The number of anilines is 1. The molecule has 2 aromatic rings. The number of hydrogen-bond acceptors (Lipinski definition) is 5. The minimum Gasteiger partial charge on any atom is -0.354 e. The van der Waals surface area contributed by atoms with E-state index in [2.05, 4.69) is 45.6 Å². The number of nitrogens with one attached hydrogen (secondary N) is 1. The first-order chi connectivity index (χ1) is 9.15. The molecule has 0 spiro atoms. The van der Waals surface area contributed by atoms with Crippen LogP contribution in [0.15, 0.2) is 11.4 Å². The zero-order chi connectivity index (χ0) is 13.4. The van der Waals surface area contributed by atoms with Crippen LogP contribution in [0.2, 0.25) is 0 Å². The predicted octanol–water partition coefficient (Wildman–Crippen LogP) is 2.39. The molecule has 0 aliphatic carbocycles. The fourth-order valence-corrected chi connectivity index (χ4v) is 3.40. The van der Waals surface area contributed by atoms with Crippen LogP contribution in [-0.2, 0) is 19.6 Å². The summed E-state index contributed by atoms with van der Waals surface area (Å²) >= 11 is 1.81. The first kappa shape index (κ1) is 12.6. The summed E-state index contributed by atoms with van der Waals surface area (Å²) in [7, 11) is 2.11. The van der Waals surface area contributed by atoms with Gasteiger partial charge in [0.25, 0.3) is 0 Å². The van der Waals surface area contributed by atoms with Gasteiger partial charge in [0.2, 0.25) is 0 Å². The Bertz CT molecular complexity index is 605. The summed E-state index contributed by atoms with van der Waals surface area (Å²) in [4.78, 5) is 12.8. The molecule has 0 fully saturated rings. The van der Waals surface area contributed by atoms with E-state index in [0.29, 0.717) is 0 Å². The van der Waals surface area contributed by atoms with E-state index >= 15 is 0 Å². The Morgan fingerprint density at radius 1 is 1.32 bits per heavy atom. The fraction of sp³-hybridized carbons (Fsp3) is 0.429. The first-order valence-electron chi connectivity index (χ1n) is 6.46. The van der Waals surface area contributed by atoms with Gasteiger partial charge in [-0.3, -0.25) is 0 Å². The maximum Gasteiger partial charge on any atom is 0.137 e.